The van der Waals surface area contributed by atoms with Crippen molar-refractivity contribution >= 4 is 39.1 Å². The van der Waals surface area contributed by atoms with E-state index in [1.807, 2.05) is 18.2 Å². The lowest BCUT2D eigenvalue weighted by atomic mass is 9.90. The molecule has 1 heterocycles. The highest BCUT2D eigenvalue weighted by Gasteiger charge is 2.21. The fourth-order valence-electron chi connectivity index (χ4n) is 1.88. The van der Waals surface area contributed by atoms with Gasteiger partial charge in [0.1, 0.15) is 5.84 Å². The summed E-state index contributed by atoms with van der Waals surface area (Å²) in [6.07, 6.45) is 1.76. The van der Waals surface area contributed by atoms with E-state index in [4.69, 9.17) is 17.3 Å². The van der Waals surface area contributed by atoms with Crippen LogP contribution in [0, 0.1) is 5.92 Å². The van der Waals surface area contributed by atoms with Crippen molar-refractivity contribution in [1.82, 2.24) is 0 Å². The Balaban J connectivity index is 2.40. The summed E-state index contributed by atoms with van der Waals surface area (Å²) in [6.45, 7) is 2.12. The van der Waals surface area contributed by atoms with Crippen LogP contribution in [0.4, 0.5) is 0 Å². The van der Waals surface area contributed by atoms with E-state index in [0.717, 1.165) is 28.6 Å². The van der Waals surface area contributed by atoms with Crippen LogP contribution in [0.5, 0.6) is 0 Å². The minimum absolute atomic E-state index is 0.324. The van der Waals surface area contributed by atoms with Crippen molar-refractivity contribution in [2.24, 2.45) is 21.9 Å². The summed E-state index contributed by atoms with van der Waals surface area (Å²) in [5.74, 6) is 0.925. The van der Waals surface area contributed by atoms with Crippen molar-refractivity contribution in [3.8, 4) is 0 Å². The highest BCUT2D eigenvalue weighted by atomic mass is 79.9. The predicted octanol–water partition coefficient (Wildman–Crippen LogP) is 3.59. The molecule has 0 radical (unpaired) electrons. The predicted molar refractivity (Wildman–Crippen MR) is 75.7 cm³/mol. The van der Waals surface area contributed by atoms with Crippen LogP contribution in [0.15, 0.2) is 32.9 Å². The fraction of sp³-hybridized carbons (Fsp3) is 0.333. The van der Waals surface area contributed by atoms with Crippen LogP contribution in [0.1, 0.15) is 25.3 Å². The van der Waals surface area contributed by atoms with Crippen LogP contribution >= 0.6 is 27.5 Å². The molecule has 0 amide bonds. The number of hydrogen-bond donors (Lipinski definition) is 1. The van der Waals surface area contributed by atoms with E-state index >= 15 is 0 Å². The molecule has 0 aromatic heterocycles. The minimum atomic E-state index is 0.324. The van der Waals surface area contributed by atoms with Crippen molar-refractivity contribution in [3.05, 3.63) is 33.3 Å². The molecule has 0 spiro atoms. The molecule has 1 aromatic rings. The highest BCUT2D eigenvalue weighted by Crippen LogP contribution is 2.27. The Labute approximate surface area is 114 Å². The molecule has 90 valence electrons. The molecule has 0 saturated heterocycles. The summed E-state index contributed by atoms with van der Waals surface area (Å²) in [6, 6.07) is 5.83. The van der Waals surface area contributed by atoms with Gasteiger partial charge in [-0.05, 0) is 40.0 Å². The van der Waals surface area contributed by atoms with E-state index in [1.54, 1.807) is 0 Å². The van der Waals surface area contributed by atoms with E-state index < -0.39 is 0 Å². The monoisotopic (exact) mass is 313 g/mol. The van der Waals surface area contributed by atoms with Gasteiger partial charge in [-0.25, -0.2) is 0 Å². The molecule has 0 aliphatic carbocycles. The van der Waals surface area contributed by atoms with Crippen LogP contribution < -0.4 is 5.73 Å². The van der Waals surface area contributed by atoms with E-state index in [9.17, 15) is 0 Å². The number of hydrogen-bond acceptors (Lipinski definition) is 3. The summed E-state index contributed by atoms with van der Waals surface area (Å²) in [4.78, 5) is 0. The number of benzene rings is 1. The molecule has 1 atom stereocenters. The van der Waals surface area contributed by atoms with Crippen molar-refractivity contribution in [2.75, 3.05) is 0 Å². The summed E-state index contributed by atoms with van der Waals surface area (Å²) in [7, 11) is 0. The molecular weight excluding hydrogens is 302 g/mol. The third kappa shape index (κ3) is 2.69. The van der Waals surface area contributed by atoms with E-state index in [2.05, 4.69) is 33.1 Å². The number of halogens is 2. The molecule has 0 fully saturated rings. The molecule has 1 aromatic carbocycles. The van der Waals surface area contributed by atoms with Gasteiger partial charge in [0, 0.05) is 16.8 Å². The molecule has 3 nitrogen and oxygen atoms in total. The second-order valence-electron chi connectivity index (χ2n) is 4.01. The van der Waals surface area contributed by atoms with Gasteiger partial charge in [0.2, 0.25) is 0 Å². The molecule has 0 bridgehead atoms. The Morgan fingerprint density at radius 3 is 2.88 bits per heavy atom. The average Bonchev–Trinajstić information content (AvgIpc) is 2.32. The van der Waals surface area contributed by atoms with Crippen LogP contribution in [-0.4, -0.2) is 11.5 Å². The first-order chi connectivity index (χ1) is 8.11. The molecule has 17 heavy (non-hydrogen) atoms. The maximum absolute atomic E-state index is 6.09. The van der Waals surface area contributed by atoms with Gasteiger partial charge in [0.25, 0.3) is 0 Å². The quantitative estimate of drug-likeness (QED) is 0.891. The van der Waals surface area contributed by atoms with Gasteiger partial charge in [-0.2, -0.15) is 5.10 Å². The largest absolute Gasteiger partial charge is 0.386 e. The van der Waals surface area contributed by atoms with Gasteiger partial charge in [-0.3, -0.25) is 0 Å². The number of rotatable bonds is 2. The van der Waals surface area contributed by atoms with Crippen LogP contribution in [0.25, 0.3) is 0 Å². The molecule has 2 rings (SSSR count). The summed E-state index contributed by atoms with van der Waals surface area (Å²) in [5, 5.41) is 8.86. The number of nitrogens with two attached hydrogens (primary N) is 1. The Morgan fingerprint density at radius 2 is 2.24 bits per heavy atom. The molecule has 0 saturated carbocycles. The average molecular weight is 315 g/mol. The van der Waals surface area contributed by atoms with E-state index in [-0.39, 0.29) is 0 Å². The zero-order chi connectivity index (χ0) is 12.4. The molecule has 1 aliphatic rings. The fourth-order valence-corrected chi connectivity index (χ4v) is 2.30. The second-order valence-corrected chi connectivity index (χ2v) is 5.28. The summed E-state index contributed by atoms with van der Waals surface area (Å²) < 4.78 is 0.885. The van der Waals surface area contributed by atoms with Crippen LogP contribution in [0.3, 0.4) is 0 Å². The lowest BCUT2D eigenvalue weighted by Crippen LogP contribution is -2.26. The van der Waals surface area contributed by atoms with E-state index in [0.29, 0.717) is 16.8 Å². The Bertz CT molecular complexity index is 497. The van der Waals surface area contributed by atoms with E-state index in [1.165, 1.54) is 0 Å². The molecule has 1 aliphatic heterocycles. The lowest BCUT2D eigenvalue weighted by Gasteiger charge is -2.20. The Kier molecular flexibility index (Phi) is 3.84. The van der Waals surface area contributed by atoms with Crippen molar-refractivity contribution in [3.63, 3.8) is 0 Å². The van der Waals surface area contributed by atoms with Gasteiger partial charge >= 0.3 is 0 Å². The topological polar surface area (TPSA) is 50.7 Å². The number of amidine groups is 1. The first-order valence-electron chi connectivity index (χ1n) is 5.47. The van der Waals surface area contributed by atoms with Crippen molar-refractivity contribution in [2.45, 2.75) is 19.8 Å². The van der Waals surface area contributed by atoms with Gasteiger partial charge in [-0.15, -0.1) is 5.10 Å². The third-order valence-electron chi connectivity index (χ3n) is 2.84. The normalized spacial score (nSPS) is 19.8. The molecule has 1 unspecified atom stereocenters. The number of nitrogens with zero attached hydrogens (tertiary/aromatic N) is 2. The SMILES string of the molecule is CCC1CC(N)=NN=C1c1ccc(Br)c(Cl)c1. The van der Waals surface area contributed by atoms with Crippen molar-refractivity contribution in [1.29, 1.82) is 0 Å². The zero-order valence-corrected chi connectivity index (χ0v) is 11.8. The first kappa shape index (κ1) is 12.6. The minimum Gasteiger partial charge on any atom is -0.386 e. The lowest BCUT2D eigenvalue weighted by molar-refractivity contribution is 0.677. The van der Waals surface area contributed by atoms with Gasteiger partial charge in [-0.1, -0.05) is 24.6 Å². The maximum atomic E-state index is 6.09. The smallest absolute Gasteiger partial charge is 0.123 e. The summed E-state index contributed by atoms with van der Waals surface area (Å²) >= 11 is 9.47. The maximum Gasteiger partial charge on any atom is 0.123 e. The standard InChI is InChI=1S/C12H13BrClN3/c1-2-7-6-11(15)16-17-12(7)8-3-4-9(13)10(14)5-8/h3-5,7H,2,6H2,1H3,(H2,15,16). The molecule has 2 N–H and O–H groups in total. The third-order valence-corrected chi connectivity index (χ3v) is 4.07. The highest BCUT2D eigenvalue weighted by molar-refractivity contribution is 9.10. The molecule has 5 heteroatoms. The first-order valence-corrected chi connectivity index (χ1v) is 6.64. The Morgan fingerprint density at radius 1 is 1.47 bits per heavy atom. The zero-order valence-electron chi connectivity index (χ0n) is 9.45. The van der Waals surface area contributed by atoms with Crippen LogP contribution in [0.2, 0.25) is 5.02 Å². The van der Waals surface area contributed by atoms with Crippen molar-refractivity contribution < 1.29 is 0 Å². The van der Waals surface area contributed by atoms with Crippen LogP contribution in [-0.2, 0) is 0 Å². The summed E-state index contributed by atoms with van der Waals surface area (Å²) in [5.41, 5.74) is 7.69. The van der Waals surface area contributed by atoms with Gasteiger partial charge in [0.05, 0.1) is 10.7 Å². The Hall–Kier alpha value is -0.870. The van der Waals surface area contributed by atoms with Gasteiger partial charge < -0.3 is 5.73 Å². The van der Waals surface area contributed by atoms with Gasteiger partial charge in [0.15, 0.2) is 0 Å². The molecular formula is C12H13BrClN3. The second kappa shape index (κ2) is 5.19.